The van der Waals surface area contributed by atoms with Gasteiger partial charge in [0.15, 0.2) is 0 Å². The monoisotopic (exact) mass is 289 g/mol. The van der Waals surface area contributed by atoms with Crippen LogP contribution in [0.2, 0.25) is 0 Å². The summed E-state index contributed by atoms with van der Waals surface area (Å²) in [6.07, 6.45) is 1.31. The summed E-state index contributed by atoms with van der Waals surface area (Å²) in [5.74, 6) is -1.22. The lowest BCUT2D eigenvalue weighted by Gasteiger charge is -2.34. The van der Waals surface area contributed by atoms with Crippen LogP contribution < -0.4 is 0 Å². The van der Waals surface area contributed by atoms with Gasteiger partial charge in [-0.05, 0) is 29.5 Å². The summed E-state index contributed by atoms with van der Waals surface area (Å²) >= 11 is 0. The van der Waals surface area contributed by atoms with Crippen LogP contribution in [0, 0.1) is 5.41 Å². The molecule has 112 valence electrons. The summed E-state index contributed by atoms with van der Waals surface area (Å²) in [4.78, 5) is 36.1. The van der Waals surface area contributed by atoms with E-state index in [0.29, 0.717) is 25.8 Å². The highest BCUT2D eigenvalue weighted by Crippen LogP contribution is 2.31. The standard InChI is InChI=1S/C16H19NO4/c1-16(2)9-13(18)17(14(19)10-16)8-7-11-3-5-12(6-4-11)15(20)21/h3-6H,7-10H2,1-2H3,(H,20,21). The maximum Gasteiger partial charge on any atom is 0.335 e. The minimum absolute atomic E-state index is 0.126. The first kappa shape index (κ1) is 15.2. The van der Waals surface area contributed by atoms with Gasteiger partial charge in [0.05, 0.1) is 5.56 Å². The third-order valence-corrected chi connectivity index (χ3v) is 3.69. The molecule has 1 fully saturated rings. The highest BCUT2D eigenvalue weighted by molar-refractivity contribution is 5.98. The summed E-state index contributed by atoms with van der Waals surface area (Å²) < 4.78 is 0. The second kappa shape index (κ2) is 5.68. The summed E-state index contributed by atoms with van der Waals surface area (Å²) in [6.45, 7) is 4.19. The Labute approximate surface area is 123 Å². The molecule has 0 atom stereocenters. The summed E-state index contributed by atoms with van der Waals surface area (Å²) in [6, 6.07) is 6.49. The molecule has 1 saturated heterocycles. The molecular weight excluding hydrogens is 270 g/mol. The van der Waals surface area contributed by atoms with Crippen LogP contribution in [-0.2, 0) is 16.0 Å². The SMILES string of the molecule is CC1(C)CC(=O)N(CCc2ccc(C(=O)O)cc2)C(=O)C1. The second-order valence-electron chi connectivity index (χ2n) is 6.21. The molecule has 5 nitrogen and oxygen atoms in total. The lowest BCUT2D eigenvalue weighted by molar-refractivity contribution is -0.152. The van der Waals surface area contributed by atoms with Gasteiger partial charge in [-0.3, -0.25) is 14.5 Å². The van der Waals surface area contributed by atoms with Gasteiger partial charge in [-0.2, -0.15) is 0 Å². The zero-order chi connectivity index (χ0) is 15.6. The molecular formula is C16H19NO4. The number of nitrogens with zero attached hydrogens (tertiary/aromatic N) is 1. The number of aromatic carboxylic acids is 1. The number of carboxylic acids is 1. The van der Waals surface area contributed by atoms with Crippen LogP contribution in [0.3, 0.4) is 0 Å². The zero-order valence-corrected chi connectivity index (χ0v) is 12.3. The van der Waals surface area contributed by atoms with E-state index in [9.17, 15) is 14.4 Å². The molecule has 0 radical (unpaired) electrons. The predicted molar refractivity (Wildman–Crippen MR) is 76.8 cm³/mol. The molecule has 2 rings (SSSR count). The van der Waals surface area contributed by atoms with Crippen molar-refractivity contribution in [2.24, 2.45) is 5.41 Å². The highest BCUT2D eigenvalue weighted by Gasteiger charge is 2.36. The van der Waals surface area contributed by atoms with Gasteiger partial charge in [0.25, 0.3) is 0 Å². The second-order valence-corrected chi connectivity index (χ2v) is 6.21. The third kappa shape index (κ3) is 3.68. The van der Waals surface area contributed by atoms with E-state index in [1.165, 1.54) is 17.0 Å². The van der Waals surface area contributed by atoms with Crippen molar-refractivity contribution in [3.8, 4) is 0 Å². The van der Waals surface area contributed by atoms with E-state index >= 15 is 0 Å². The topological polar surface area (TPSA) is 74.7 Å². The fourth-order valence-electron chi connectivity index (χ4n) is 2.52. The predicted octanol–water partition coefficient (Wildman–Crippen LogP) is 2.10. The van der Waals surface area contributed by atoms with E-state index in [1.807, 2.05) is 13.8 Å². The van der Waals surface area contributed by atoms with Crippen LogP contribution >= 0.6 is 0 Å². The van der Waals surface area contributed by atoms with Crippen molar-refractivity contribution in [3.63, 3.8) is 0 Å². The average Bonchev–Trinajstić information content (AvgIpc) is 2.36. The molecule has 1 aromatic carbocycles. The van der Waals surface area contributed by atoms with E-state index in [4.69, 9.17) is 5.11 Å². The summed E-state index contributed by atoms with van der Waals surface area (Å²) in [5.41, 5.74) is 0.879. The first-order valence-corrected chi connectivity index (χ1v) is 6.94. The van der Waals surface area contributed by atoms with Gasteiger partial charge in [0, 0.05) is 19.4 Å². The molecule has 1 aliphatic rings. The molecule has 21 heavy (non-hydrogen) atoms. The van der Waals surface area contributed by atoms with E-state index in [1.54, 1.807) is 12.1 Å². The Kier molecular flexibility index (Phi) is 4.11. The molecule has 0 saturated carbocycles. The first-order valence-electron chi connectivity index (χ1n) is 6.94. The number of hydrogen-bond acceptors (Lipinski definition) is 3. The highest BCUT2D eigenvalue weighted by atomic mass is 16.4. The van der Waals surface area contributed by atoms with E-state index < -0.39 is 5.97 Å². The number of hydrogen-bond donors (Lipinski definition) is 1. The van der Waals surface area contributed by atoms with Crippen LogP contribution in [0.25, 0.3) is 0 Å². The molecule has 0 bridgehead atoms. The lowest BCUT2D eigenvalue weighted by Crippen LogP contribution is -2.46. The average molecular weight is 289 g/mol. The summed E-state index contributed by atoms with van der Waals surface area (Å²) in [5, 5.41) is 8.83. The number of imide groups is 1. The molecule has 0 aromatic heterocycles. The van der Waals surface area contributed by atoms with Crippen LogP contribution in [0.5, 0.6) is 0 Å². The van der Waals surface area contributed by atoms with Gasteiger partial charge in [-0.1, -0.05) is 26.0 Å². The molecule has 5 heteroatoms. The number of benzene rings is 1. The number of rotatable bonds is 4. The van der Waals surface area contributed by atoms with Gasteiger partial charge in [0.1, 0.15) is 0 Å². The summed E-state index contributed by atoms with van der Waals surface area (Å²) in [7, 11) is 0. The molecule has 0 unspecified atom stereocenters. The quantitative estimate of drug-likeness (QED) is 0.861. The Bertz CT molecular complexity index is 554. The fraction of sp³-hybridized carbons (Fsp3) is 0.438. The number of amides is 2. The van der Waals surface area contributed by atoms with Crippen molar-refractivity contribution in [1.29, 1.82) is 0 Å². The van der Waals surface area contributed by atoms with Crippen LogP contribution in [0.1, 0.15) is 42.6 Å². The molecule has 1 heterocycles. The molecule has 2 amide bonds. The zero-order valence-electron chi connectivity index (χ0n) is 12.3. The van der Waals surface area contributed by atoms with Crippen molar-refractivity contribution >= 4 is 17.8 Å². The van der Waals surface area contributed by atoms with Crippen molar-refractivity contribution in [2.45, 2.75) is 33.1 Å². The van der Waals surface area contributed by atoms with Gasteiger partial charge in [0.2, 0.25) is 11.8 Å². The molecule has 1 aliphatic heterocycles. The minimum atomic E-state index is -0.967. The number of piperidine rings is 1. The normalized spacial score (nSPS) is 17.9. The molecule has 1 aromatic rings. The van der Waals surface area contributed by atoms with E-state index in [2.05, 4.69) is 0 Å². The molecule has 1 N–H and O–H groups in total. The van der Waals surface area contributed by atoms with Crippen LogP contribution in [-0.4, -0.2) is 34.3 Å². The number of likely N-dealkylation sites (tertiary alicyclic amines) is 1. The third-order valence-electron chi connectivity index (χ3n) is 3.69. The van der Waals surface area contributed by atoms with Crippen molar-refractivity contribution in [2.75, 3.05) is 6.54 Å². The Morgan fingerprint density at radius 2 is 1.67 bits per heavy atom. The fourth-order valence-corrected chi connectivity index (χ4v) is 2.52. The molecule has 0 aliphatic carbocycles. The van der Waals surface area contributed by atoms with Gasteiger partial charge >= 0.3 is 5.97 Å². The Hall–Kier alpha value is -2.17. The van der Waals surface area contributed by atoms with Crippen LogP contribution in [0.4, 0.5) is 0 Å². The Balaban J connectivity index is 1.98. The van der Waals surface area contributed by atoms with Crippen LogP contribution in [0.15, 0.2) is 24.3 Å². The number of carboxylic acid groups (broad SMARTS) is 1. The van der Waals surface area contributed by atoms with Gasteiger partial charge in [-0.15, -0.1) is 0 Å². The first-order chi connectivity index (χ1) is 9.78. The van der Waals surface area contributed by atoms with Gasteiger partial charge < -0.3 is 5.11 Å². The van der Waals surface area contributed by atoms with Crippen molar-refractivity contribution in [3.05, 3.63) is 35.4 Å². The number of carbonyl (C=O) groups is 3. The Morgan fingerprint density at radius 3 is 2.14 bits per heavy atom. The van der Waals surface area contributed by atoms with E-state index in [0.717, 1.165) is 5.56 Å². The van der Waals surface area contributed by atoms with E-state index in [-0.39, 0.29) is 22.8 Å². The van der Waals surface area contributed by atoms with Gasteiger partial charge in [-0.25, -0.2) is 4.79 Å². The maximum atomic E-state index is 12.0. The largest absolute Gasteiger partial charge is 0.478 e. The maximum absolute atomic E-state index is 12.0. The van der Waals surface area contributed by atoms with Crippen molar-refractivity contribution in [1.82, 2.24) is 4.90 Å². The number of carbonyl (C=O) groups excluding carboxylic acids is 2. The molecule has 0 spiro atoms. The smallest absolute Gasteiger partial charge is 0.335 e. The lowest BCUT2D eigenvalue weighted by atomic mass is 9.81. The van der Waals surface area contributed by atoms with Crippen molar-refractivity contribution < 1.29 is 19.5 Å². The Morgan fingerprint density at radius 1 is 1.14 bits per heavy atom. The minimum Gasteiger partial charge on any atom is -0.478 e.